The lowest BCUT2D eigenvalue weighted by Gasteiger charge is -2.06. The van der Waals surface area contributed by atoms with E-state index in [0.717, 1.165) is 21.0 Å². The first-order chi connectivity index (χ1) is 9.58. The Morgan fingerprint density at radius 2 is 1.90 bits per heavy atom. The highest BCUT2D eigenvalue weighted by Crippen LogP contribution is 2.31. The second kappa shape index (κ2) is 6.27. The zero-order chi connectivity index (χ0) is 14.5. The Kier molecular flexibility index (Phi) is 4.44. The highest BCUT2D eigenvalue weighted by atomic mass is 32.2. The van der Waals surface area contributed by atoms with Gasteiger partial charge in [-0.15, -0.1) is 0 Å². The molecular weight excluding hydrogens is 268 g/mol. The van der Waals surface area contributed by atoms with Crippen LogP contribution in [0.4, 0.5) is 5.69 Å². The third kappa shape index (κ3) is 3.62. The minimum atomic E-state index is -0.0873. The predicted octanol–water partition coefficient (Wildman–Crippen LogP) is 3.98. The van der Waals surface area contributed by atoms with Gasteiger partial charge in [0.05, 0.1) is 5.56 Å². The quantitative estimate of drug-likeness (QED) is 0.926. The van der Waals surface area contributed by atoms with Crippen molar-refractivity contribution >= 4 is 23.4 Å². The van der Waals surface area contributed by atoms with Gasteiger partial charge in [-0.2, -0.15) is 5.26 Å². The van der Waals surface area contributed by atoms with Gasteiger partial charge in [0.1, 0.15) is 6.07 Å². The molecule has 0 aliphatic heterocycles. The summed E-state index contributed by atoms with van der Waals surface area (Å²) in [4.78, 5) is 12.9. The van der Waals surface area contributed by atoms with Crippen LogP contribution < -0.4 is 5.32 Å². The van der Waals surface area contributed by atoms with Crippen molar-refractivity contribution in [3.05, 3.63) is 53.6 Å². The van der Waals surface area contributed by atoms with Crippen LogP contribution in [-0.2, 0) is 4.79 Å². The molecule has 2 aromatic rings. The van der Waals surface area contributed by atoms with Crippen molar-refractivity contribution in [3.8, 4) is 6.07 Å². The average Bonchev–Trinajstić information content (AvgIpc) is 2.42. The maximum absolute atomic E-state index is 11.0. The van der Waals surface area contributed by atoms with E-state index in [2.05, 4.69) is 11.4 Å². The molecular formula is C16H14N2OS. The number of benzene rings is 2. The van der Waals surface area contributed by atoms with E-state index in [1.807, 2.05) is 49.4 Å². The number of hydrogen-bond donors (Lipinski definition) is 1. The molecule has 0 unspecified atom stereocenters. The molecule has 0 radical (unpaired) electrons. The number of nitrogens with zero attached hydrogens (tertiary/aromatic N) is 1. The number of anilines is 1. The molecule has 4 heteroatoms. The summed E-state index contributed by atoms with van der Waals surface area (Å²) in [5.41, 5.74) is 2.53. The Hall–Kier alpha value is -2.25. The van der Waals surface area contributed by atoms with Gasteiger partial charge in [-0.05, 0) is 48.9 Å². The van der Waals surface area contributed by atoms with Gasteiger partial charge in [-0.1, -0.05) is 17.8 Å². The minimum Gasteiger partial charge on any atom is -0.326 e. The van der Waals surface area contributed by atoms with Crippen LogP contribution in [0.15, 0.2) is 52.3 Å². The van der Waals surface area contributed by atoms with Crippen molar-refractivity contribution in [3.63, 3.8) is 0 Å². The lowest BCUT2D eigenvalue weighted by molar-refractivity contribution is -0.114. The van der Waals surface area contributed by atoms with Gasteiger partial charge in [0.15, 0.2) is 0 Å². The maximum Gasteiger partial charge on any atom is 0.221 e. The van der Waals surface area contributed by atoms with Crippen molar-refractivity contribution < 1.29 is 4.79 Å². The molecule has 0 aliphatic carbocycles. The van der Waals surface area contributed by atoms with Crippen molar-refractivity contribution in [2.45, 2.75) is 23.6 Å². The second-order valence-electron chi connectivity index (χ2n) is 4.42. The van der Waals surface area contributed by atoms with Crippen LogP contribution in [0.25, 0.3) is 0 Å². The predicted molar refractivity (Wildman–Crippen MR) is 80.8 cm³/mol. The molecule has 100 valence electrons. The smallest absolute Gasteiger partial charge is 0.221 e. The van der Waals surface area contributed by atoms with E-state index >= 15 is 0 Å². The van der Waals surface area contributed by atoms with E-state index < -0.39 is 0 Å². The van der Waals surface area contributed by atoms with Crippen LogP contribution in [0.5, 0.6) is 0 Å². The van der Waals surface area contributed by atoms with Gasteiger partial charge in [-0.3, -0.25) is 4.79 Å². The summed E-state index contributed by atoms with van der Waals surface area (Å²) in [6, 6.07) is 15.6. The first kappa shape index (κ1) is 14.2. The molecule has 1 amide bonds. The second-order valence-corrected chi connectivity index (χ2v) is 5.53. The molecule has 0 bridgehead atoms. The van der Waals surface area contributed by atoms with E-state index in [-0.39, 0.29) is 5.91 Å². The number of rotatable bonds is 3. The van der Waals surface area contributed by atoms with Crippen LogP contribution in [0.3, 0.4) is 0 Å². The molecule has 0 atom stereocenters. The zero-order valence-corrected chi connectivity index (χ0v) is 12.1. The lowest BCUT2D eigenvalue weighted by atomic mass is 10.2. The first-order valence-corrected chi connectivity index (χ1v) is 6.96. The maximum atomic E-state index is 11.0. The largest absolute Gasteiger partial charge is 0.326 e. The summed E-state index contributed by atoms with van der Waals surface area (Å²) in [6.07, 6.45) is 0. The van der Waals surface area contributed by atoms with E-state index in [0.29, 0.717) is 5.56 Å². The summed E-state index contributed by atoms with van der Waals surface area (Å²) in [6.45, 7) is 3.45. The van der Waals surface area contributed by atoms with E-state index in [4.69, 9.17) is 5.26 Å². The van der Waals surface area contributed by atoms with Gasteiger partial charge in [0.25, 0.3) is 0 Å². The molecule has 3 nitrogen and oxygen atoms in total. The van der Waals surface area contributed by atoms with Crippen LogP contribution in [0.1, 0.15) is 18.1 Å². The Morgan fingerprint density at radius 3 is 2.50 bits per heavy atom. The molecule has 0 heterocycles. The fraction of sp³-hybridized carbons (Fsp3) is 0.125. The van der Waals surface area contributed by atoms with Crippen LogP contribution >= 0.6 is 11.8 Å². The third-order valence-corrected chi connectivity index (χ3v) is 3.74. The highest BCUT2D eigenvalue weighted by Gasteiger charge is 2.05. The number of hydrogen-bond acceptors (Lipinski definition) is 3. The molecule has 2 rings (SSSR count). The fourth-order valence-corrected chi connectivity index (χ4v) is 2.63. The van der Waals surface area contributed by atoms with Gasteiger partial charge in [0, 0.05) is 22.4 Å². The fourth-order valence-electron chi connectivity index (χ4n) is 1.76. The zero-order valence-electron chi connectivity index (χ0n) is 11.3. The van der Waals surface area contributed by atoms with E-state index in [9.17, 15) is 4.79 Å². The summed E-state index contributed by atoms with van der Waals surface area (Å²) >= 11 is 1.54. The van der Waals surface area contributed by atoms with Crippen molar-refractivity contribution in [1.82, 2.24) is 0 Å². The molecule has 0 saturated carbocycles. The third-order valence-electron chi connectivity index (χ3n) is 2.66. The molecule has 0 aliphatic rings. The summed E-state index contributed by atoms with van der Waals surface area (Å²) < 4.78 is 0. The molecule has 0 spiro atoms. The lowest BCUT2D eigenvalue weighted by Crippen LogP contribution is -2.05. The number of nitriles is 1. The van der Waals surface area contributed by atoms with Crippen LogP contribution in [0, 0.1) is 18.3 Å². The Bertz CT molecular complexity index is 672. The van der Waals surface area contributed by atoms with Gasteiger partial charge >= 0.3 is 0 Å². The highest BCUT2D eigenvalue weighted by molar-refractivity contribution is 7.99. The number of aryl methyl sites for hydroxylation is 1. The summed E-state index contributed by atoms with van der Waals surface area (Å²) in [5, 5.41) is 11.9. The number of amides is 1. The van der Waals surface area contributed by atoms with Crippen molar-refractivity contribution in [1.29, 1.82) is 5.26 Å². The minimum absolute atomic E-state index is 0.0873. The first-order valence-electron chi connectivity index (χ1n) is 6.15. The van der Waals surface area contributed by atoms with Gasteiger partial charge in [0.2, 0.25) is 5.91 Å². The number of nitrogens with one attached hydrogen (secondary N) is 1. The van der Waals surface area contributed by atoms with Crippen LogP contribution in [0.2, 0.25) is 0 Å². The Balaban J connectivity index is 2.18. The normalized spacial score (nSPS) is 9.85. The molecule has 0 aromatic heterocycles. The Labute approximate surface area is 122 Å². The molecule has 0 saturated heterocycles. The molecule has 2 aromatic carbocycles. The SMILES string of the molecule is CC(=O)Nc1ccc(Sc2ccc(C)cc2C#N)cc1. The van der Waals surface area contributed by atoms with E-state index in [1.54, 1.807) is 0 Å². The van der Waals surface area contributed by atoms with Crippen molar-refractivity contribution in [2.75, 3.05) is 5.32 Å². The standard InChI is InChI=1S/C16H14N2OS/c1-11-3-8-16(13(9-11)10-17)20-15-6-4-14(5-7-15)18-12(2)19/h3-9H,1-2H3,(H,18,19). The van der Waals surface area contributed by atoms with Gasteiger partial charge < -0.3 is 5.32 Å². The van der Waals surface area contributed by atoms with Crippen molar-refractivity contribution in [2.24, 2.45) is 0 Å². The molecule has 1 N–H and O–H groups in total. The molecule has 20 heavy (non-hydrogen) atoms. The summed E-state index contributed by atoms with van der Waals surface area (Å²) in [7, 11) is 0. The topological polar surface area (TPSA) is 52.9 Å². The molecule has 0 fully saturated rings. The monoisotopic (exact) mass is 282 g/mol. The Morgan fingerprint density at radius 1 is 1.20 bits per heavy atom. The average molecular weight is 282 g/mol. The van der Waals surface area contributed by atoms with Crippen LogP contribution in [-0.4, -0.2) is 5.91 Å². The summed E-state index contributed by atoms with van der Waals surface area (Å²) in [5.74, 6) is -0.0873. The van der Waals surface area contributed by atoms with E-state index in [1.165, 1.54) is 18.7 Å². The van der Waals surface area contributed by atoms with Gasteiger partial charge in [-0.25, -0.2) is 0 Å². The number of carbonyl (C=O) groups is 1. The number of carbonyl (C=O) groups excluding carboxylic acids is 1.